The quantitative estimate of drug-likeness (QED) is 0.519. The van der Waals surface area contributed by atoms with Crippen LogP contribution in [0, 0.1) is 0 Å². The summed E-state index contributed by atoms with van der Waals surface area (Å²) in [5, 5.41) is 6.48. The number of amides is 1. The highest BCUT2D eigenvalue weighted by Crippen LogP contribution is 2.34. The molecule has 2 N–H and O–H groups in total. The number of benzene rings is 3. The van der Waals surface area contributed by atoms with E-state index in [4.69, 9.17) is 28.6 Å². The number of fused-ring (bicyclic) bond motifs is 1. The van der Waals surface area contributed by atoms with Crippen molar-refractivity contribution in [1.29, 1.82) is 0 Å². The van der Waals surface area contributed by atoms with Crippen molar-refractivity contribution in [2.24, 2.45) is 0 Å². The van der Waals surface area contributed by atoms with Gasteiger partial charge >= 0.3 is 6.18 Å². The molecule has 3 aromatic carbocycles. The number of hydrogen-bond acceptors (Lipinski definition) is 3. The highest BCUT2D eigenvalue weighted by atomic mass is 35.5. The Labute approximate surface area is 174 Å². The normalized spacial score (nSPS) is 11.2. The summed E-state index contributed by atoms with van der Waals surface area (Å²) >= 11 is 11.0. The van der Waals surface area contributed by atoms with Crippen LogP contribution in [0.15, 0.2) is 54.6 Å². The third-order valence-electron chi connectivity index (χ3n) is 4.08. The molecule has 3 rings (SSSR count). The number of ether oxygens (including phenoxy) is 1. The number of rotatable bonds is 3. The van der Waals surface area contributed by atoms with E-state index in [9.17, 15) is 18.0 Å². The molecule has 0 spiro atoms. The Kier molecular flexibility index (Phi) is 5.95. The molecule has 0 bridgehead atoms. The molecule has 0 saturated carbocycles. The standard InChI is InChI=1S/C20H14ClF3N2O2S/c1-28-17-9-12-5-3-2-4-11(12)8-14(17)18(27)26-19(29)25-16-10-13(20(22,23)24)6-7-15(16)21/h2-10H,1H3,(H2,25,26,27,29). The predicted octanol–water partition coefficient (Wildman–Crippen LogP) is 5.65. The van der Waals surface area contributed by atoms with Crippen LogP contribution in [-0.4, -0.2) is 18.1 Å². The predicted molar refractivity (Wildman–Crippen MR) is 111 cm³/mol. The van der Waals surface area contributed by atoms with Crippen molar-refractivity contribution in [2.45, 2.75) is 6.18 Å². The molecule has 0 aliphatic rings. The first-order valence-corrected chi connectivity index (χ1v) is 9.03. The molecule has 0 atom stereocenters. The Bertz CT molecular complexity index is 1100. The Hall–Kier alpha value is -2.84. The van der Waals surface area contributed by atoms with Crippen LogP contribution in [0.5, 0.6) is 5.75 Å². The minimum Gasteiger partial charge on any atom is -0.496 e. The van der Waals surface area contributed by atoms with Crippen molar-refractivity contribution in [3.63, 3.8) is 0 Å². The molecule has 150 valence electrons. The number of hydrogen-bond donors (Lipinski definition) is 2. The first kappa shape index (κ1) is 20.9. The molecule has 0 heterocycles. The van der Waals surface area contributed by atoms with Crippen LogP contribution in [0.1, 0.15) is 15.9 Å². The Morgan fingerprint density at radius 1 is 1.07 bits per heavy atom. The van der Waals surface area contributed by atoms with Gasteiger partial charge in [0.15, 0.2) is 5.11 Å². The summed E-state index contributed by atoms with van der Waals surface area (Å²) < 4.78 is 44.0. The van der Waals surface area contributed by atoms with Crippen molar-refractivity contribution in [1.82, 2.24) is 5.32 Å². The zero-order chi connectivity index (χ0) is 21.2. The lowest BCUT2D eigenvalue weighted by molar-refractivity contribution is -0.137. The van der Waals surface area contributed by atoms with E-state index in [-0.39, 0.29) is 21.4 Å². The zero-order valence-corrected chi connectivity index (χ0v) is 16.5. The molecule has 29 heavy (non-hydrogen) atoms. The Morgan fingerprint density at radius 2 is 1.72 bits per heavy atom. The first-order valence-electron chi connectivity index (χ1n) is 8.25. The molecule has 0 fully saturated rings. The molecule has 4 nitrogen and oxygen atoms in total. The first-order chi connectivity index (χ1) is 13.7. The van der Waals surface area contributed by atoms with Crippen molar-refractivity contribution in [3.8, 4) is 5.75 Å². The minimum atomic E-state index is -4.54. The molecule has 1 amide bonds. The lowest BCUT2D eigenvalue weighted by Gasteiger charge is -2.15. The number of methoxy groups -OCH3 is 1. The fraction of sp³-hybridized carbons (Fsp3) is 0.100. The summed E-state index contributed by atoms with van der Waals surface area (Å²) in [5.41, 5.74) is -0.738. The maximum absolute atomic E-state index is 12.9. The summed E-state index contributed by atoms with van der Waals surface area (Å²) in [6, 6.07) is 13.5. The zero-order valence-electron chi connectivity index (χ0n) is 14.9. The molecule has 0 aromatic heterocycles. The van der Waals surface area contributed by atoms with Crippen molar-refractivity contribution in [2.75, 3.05) is 12.4 Å². The molecule has 0 aliphatic heterocycles. The van der Waals surface area contributed by atoms with Crippen LogP contribution in [0.4, 0.5) is 18.9 Å². The van der Waals surface area contributed by atoms with E-state index in [0.717, 1.165) is 29.0 Å². The SMILES string of the molecule is COc1cc2ccccc2cc1C(=O)NC(=S)Nc1cc(C(F)(F)F)ccc1Cl. The molecule has 0 aliphatic carbocycles. The number of carbonyl (C=O) groups excluding carboxylic acids is 1. The van der Waals surface area contributed by atoms with Crippen LogP contribution in [0.25, 0.3) is 10.8 Å². The summed E-state index contributed by atoms with van der Waals surface area (Å²) in [6.07, 6.45) is -4.54. The average Bonchev–Trinajstić information content (AvgIpc) is 2.67. The number of alkyl halides is 3. The van der Waals surface area contributed by atoms with Crippen LogP contribution >= 0.6 is 23.8 Å². The molecule has 3 aromatic rings. The van der Waals surface area contributed by atoms with Gasteiger partial charge in [-0.15, -0.1) is 0 Å². The molecular weight excluding hydrogens is 425 g/mol. The molecule has 0 saturated heterocycles. The highest BCUT2D eigenvalue weighted by molar-refractivity contribution is 7.80. The van der Waals surface area contributed by atoms with Gasteiger partial charge < -0.3 is 10.1 Å². The second kappa shape index (κ2) is 8.26. The number of thiocarbonyl (C=S) groups is 1. The second-order valence-corrected chi connectivity index (χ2v) is 6.82. The summed E-state index contributed by atoms with van der Waals surface area (Å²) in [7, 11) is 1.43. The van der Waals surface area contributed by atoms with E-state index >= 15 is 0 Å². The van der Waals surface area contributed by atoms with Gasteiger partial charge in [-0.25, -0.2) is 0 Å². The van der Waals surface area contributed by atoms with Gasteiger partial charge in [-0.3, -0.25) is 10.1 Å². The highest BCUT2D eigenvalue weighted by Gasteiger charge is 2.31. The van der Waals surface area contributed by atoms with Gasteiger partial charge in [-0.2, -0.15) is 13.2 Å². The van der Waals surface area contributed by atoms with E-state index in [2.05, 4.69) is 10.6 Å². The van der Waals surface area contributed by atoms with Gasteiger partial charge in [-0.1, -0.05) is 35.9 Å². The average molecular weight is 439 g/mol. The fourth-order valence-corrected chi connectivity index (χ4v) is 3.05. The Morgan fingerprint density at radius 3 is 2.34 bits per heavy atom. The lowest BCUT2D eigenvalue weighted by Crippen LogP contribution is -2.34. The van der Waals surface area contributed by atoms with Gasteiger partial charge in [0.05, 0.1) is 28.9 Å². The maximum atomic E-state index is 12.9. The van der Waals surface area contributed by atoms with Gasteiger partial charge in [0.1, 0.15) is 5.75 Å². The van der Waals surface area contributed by atoms with E-state index < -0.39 is 17.6 Å². The number of anilines is 1. The molecule has 0 unspecified atom stereocenters. The van der Waals surface area contributed by atoms with E-state index in [1.807, 2.05) is 24.3 Å². The number of nitrogens with one attached hydrogen (secondary N) is 2. The van der Waals surface area contributed by atoms with E-state index in [1.54, 1.807) is 12.1 Å². The topological polar surface area (TPSA) is 50.4 Å². The molecular formula is C20H14ClF3N2O2S. The summed E-state index contributed by atoms with van der Waals surface area (Å²) in [6.45, 7) is 0. The number of carbonyl (C=O) groups is 1. The smallest absolute Gasteiger partial charge is 0.416 e. The van der Waals surface area contributed by atoms with Crippen molar-refractivity contribution in [3.05, 3.63) is 70.7 Å². The maximum Gasteiger partial charge on any atom is 0.416 e. The second-order valence-electron chi connectivity index (χ2n) is 6.00. The lowest BCUT2D eigenvalue weighted by atomic mass is 10.1. The monoisotopic (exact) mass is 438 g/mol. The summed E-state index contributed by atoms with van der Waals surface area (Å²) in [5.74, 6) is -0.241. The minimum absolute atomic E-state index is 0.0258. The van der Waals surface area contributed by atoms with Crippen LogP contribution in [-0.2, 0) is 6.18 Å². The van der Waals surface area contributed by atoms with E-state index in [1.165, 1.54) is 7.11 Å². The fourth-order valence-electron chi connectivity index (χ4n) is 2.69. The van der Waals surface area contributed by atoms with Crippen molar-refractivity contribution >= 4 is 51.3 Å². The molecule has 0 radical (unpaired) electrons. The van der Waals surface area contributed by atoms with Gasteiger partial charge in [0.2, 0.25) is 0 Å². The van der Waals surface area contributed by atoms with E-state index in [0.29, 0.717) is 5.75 Å². The molecule has 9 heteroatoms. The summed E-state index contributed by atoms with van der Waals surface area (Å²) in [4.78, 5) is 12.6. The van der Waals surface area contributed by atoms with Gasteiger partial charge in [0.25, 0.3) is 5.91 Å². The number of halogens is 4. The largest absolute Gasteiger partial charge is 0.496 e. The van der Waals surface area contributed by atoms with Crippen molar-refractivity contribution < 1.29 is 22.7 Å². The van der Waals surface area contributed by atoms with Crippen LogP contribution in [0.2, 0.25) is 5.02 Å². The third-order valence-corrected chi connectivity index (χ3v) is 4.62. The van der Waals surface area contributed by atoms with Crippen LogP contribution < -0.4 is 15.4 Å². The van der Waals surface area contributed by atoms with Gasteiger partial charge in [-0.05, 0) is 53.3 Å². The third kappa shape index (κ3) is 4.78. The van der Waals surface area contributed by atoms with Gasteiger partial charge in [0, 0.05) is 0 Å². The van der Waals surface area contributed by atoms with Crippen LogP contribution in [0.3, 0.4) is 0 Å². The Balaban J connectivity index is 1.81.